The van der Waals surface area contributed by atoms with Gasteiger partial charge in [0.2, 0.25) is 0 Å². The summed E-state index contributed by atoms with van der Waals surface area (Å²) in [4.78, 5) is 14.1. The molecule has 0 spiro atoms. The molecule has 2 N–H and O–H groups in total. The predicted octanol–water partition coefficient (Wildman–Crippen LogP) is 2.53. The summed E-state index contributed by atoms with van der Waals surface area (Å²) >= 11 is 0. The van der Waals surface area contributed by atoms with Crippen LogP contribution in [0.15, 0.2) is 24.3 Å². The second kappa shape index (κ2) is 6.75. The maximum Gasteiger partial charge on any atom is 0.253 e. The van der Waals surface area contributed by atoms with Gasteiger partial charge in [-0.3, -0.25) is 4.79 Å². The molecule has 0 unspecified atom stereocenters. The van der Waals surface area contributed by atoms with Crippen LogP contribution in [-0.2, 0) is 0 Å². The minimum Gasteiger partial charge on any atom is -0.491 e. The summed E-state index contributed by atoms with van der Waals surface area (Å²) in [6.07, 6.45) is 0.0919. The zero-order valence-electron chi connectivity index (χ0n) is 13.1. The Labute approximate surface area is 121 Å². The summed E-state index contributed by atoms with van der Waals surface area (Å²) in [6.45, 7) is 9.19. The Morgan fingerprint density at radius 2 is 2.05 bits per heavy atom. The van der Waals surface area contributed by atoms with Crippen LogP contribution in [-0.4, -0.2) is 37.0 Å². The molecule has 0 fully saturated rings. The van der Waals surface area contributed by atoms with Crippen LogP contribution in [0.1, 0.15) is 38.1 Å². The van der Waals surface area contributed by atoms with E-state index in [1.807, 2.05) is 32.0 Å². The zero-order valence-corrected chi connectivity index (χ0v) is 13.1. The van der Waals surface area contributed by atoms with Crippen molar-refractivity contribution in [2.75, 3.05) is 20.1 Å². The number of amides is 1. The highest BCUT2D eigenvalue weighted by Crippen LogP contribution is 2.19. The molecule has 112 valence electrons. The van der Waals surface area contributed by atoms with Crippen LogP contribution in [0.4, 0.5) is 0 Å². The van der Waals surface area contributed by atoms with Crippen molar-refractivity contribution >= 4 is 5.91 Å². The fourth-order valence-corrected chi connectivity index (χ4v) is 1.97. The topological polar surface area (TPSA) is 55.6 Å². The first-order valence-corrected chi connectivity index (χ1v) is 6.97. The Morgan fingerprint density at radius 3 is 2.60 bits per heavy atom. The summed E-state index contributed by atoms with van der Waals surface area (Å²) in [6, 6.07) is 7.29. The molecular formula is C16H26N2O2. The van der Waals surface area contributed by atoms with Crippen molar-refractivity contribution in [3.8, 4) is 5.75 Å². The van der Waals surface area contributed by atoms with Gasteiger partial charge in [0, 0.05) is 19.2 Å². The Bertz CT molecular complexity index is 456. The number of benzene rings is 1. The third kappa shape index (κ3) is 4.85. The summed E-state index contributed by atoms with van der Waals surface area (Å²) in [5.74, 6) is 0.707. The van der Waals surface area contributed by atoms with E-state index < -0.39 is 0 Å². The quantitative estimate of drug-likeness (QED) is 0.870. The average Bonchev–Trinajstić information content (AvgIpc) is 2.37. The molecule has 0 saturated carbocycles. The van der Waals surface area contributed by atoms with Crippen LogP contribution in [0.3, 0.4) is 0 Å². The first-order chi connectivity index (χ1) is 9.25. The minimum atomic E-state index is -0.0869. The first kappa shape index (κ1) is 16.5. The van der Waals surface area contributed by atoms with E-state index in [0.29, 0.717) is 18.7 Å². The SMILES string of the molecule is CC(C)Oc1cccc(C(=O)N(C)CC(C)(C)CN)c1. The summed E-state index contributed by atoms with van der Waals surface area (Å²) < 4.78 is 5.62. The Balaban J connectivity index is 2.81. The van der Waals surface area contributed by atoms with Gasteiger partial charge in [0.05, 0.1) is 6.10 Å². The molecule has 20 heavy (non-hydrogen) atoms. The average molecular weight is 278 g/mol. The maximum atomic E-state index is 12.4. The highest BCUT2D eigenvalue weighted by Gasteiger charge is 2.22. The van der Waals surface area contributed by atoms with E-state index in [9.17, 15) is 4.79 Å². The second-order valence-corrected chi connectivity index (χ2v) is 6.22. The zero-order chi connectivity index (χ0) is 15.3. The molecule has 0 aliphatic heterocycles. The molecule has 1 aromatic rings. The molecular weight excluding hydrogens is 252 g/mol. The third-order valence-corrected chi connectivity index (χ3v) is 3.02. The Hall–Kier alpha value is -1.55. The maximum absolute atomic E-state index is 12.4. The van der Waals surface area contributed by atoms with E-state index in [4.69, 9.17) is 10.5 Å². The number of nitrogens with two attached hydrogens (primary N) is 1. The van der Waals surface area contributed by atoms with Crippen molar-refractivity contribution in [1.82, 2.24) is 4.90 Å². The number of nitrogens with zero attached hydrogens (tertiary/aromatic N) is 1. The lowest BCUT2D eigenvalue weighted by atomic mass is 9.93. The molecule has 0 heterocycles. The van der Waals surface area contributed by atoms with E-state index in [1.165, 1.54) is 0 Å². The summed E-state index contributed by atoms with van der Waals surface area (Å²) in [5, 5.41) is 0. The molecule has 0 saturated heterocycles. The van der Waals surface area contributed by atoms with Crippen LogP contribution < -0.4 is 10.5 Å². The molecule has 0 atom stereocenters. The van der Waals surface area contributed by atoms with E-state index in [0.717, 1.165) is 5.75 Å². The summed E-state index contributed by atoms with van der Waals surface area (Å²) in [7, 11) is 1.80. The number of hydrogen-bond donors (Lipinski definition) is 1. The molecule has 1 rings (SSSR count). The molecule has 0 aliphatic carbocycles. The van der Waals surface area contributed by atoms with E-state index >= 15 is 0 Å². The van der Waals surface area contributed by atoms with Gasteiger partial charge in [-0.05, 0) is 44.0 Å². The van der Waals surface area contributed by atoms with E-state index in [1.54, 1.807) is 18.0 Å². The van der Waals surface area contributed by atoms with E-state index in [-0.39, 0.29) is 17.4 Å². The van der Waals surface area contributed by atoms with Gasteiger partial charge in [-0.15, -0.1) is 0 Å². The minimum absolute atomic E-state index is 0.0132. The molecule has 4 heteroatoms. The van der Waals surface area contributed by atoms with Crippen molar-refractivity contribution in [2.45, 2.75) is 33.8 Å². The van der Waals surface area contributed by atoms with Gasteiger partial charge >= 0.3 is 0 Å². The smallest absolute Gasteiger partial charge is 0.253 e. The lowest BCUT2D eigenvalue weighted by molar-refractivity contribution is 0.0740. The van der Waals surface area contributed by atoms with Crippen LogP contribution >= 0.6 is 0 Å². The van der Waals surface area contributed by atoms with Gasteiger partial charge in [-0.2, -0.15) is 0 Å². The molecule has 0 bridgehead atoms. The molecule has 0 aliphatic rings. The monoisotopic (exact) mass is 278 g/mol. The molecule has 0 radical (unpaired) electrons. The van der Waals surface area contributed by atoms with Gasteiger partial charge in [0.25, 0.3) is 5.91 Å². The Morgan fingerprint density at radius 1 is 1.40 bits per heavy atom. The number of rotatable bonds is 6. The van der Waals surface area contributed by atoms with Crippen LogP contribution in [0.2, 0.25) is 0 Å². The van der Waals surface area contributed by atoms with Crippen molar-refractivity contribution in [2.24, 2.45) is 11.1 Å². The van der Waals surface area contributed by atoms with Crippen LogP contribution in [0.25, 0.3) is 0 Å². The highest BCUT2D eigenvalue weighted by molar-refractivity contribution is 5.94. The van der Waals surface area contributed by atoms with Gasteiger partial charge in [-0.25, -0.2) is 0 Å². The lowest BCUT2D eigenvalue weighted by Gasteiger charge is -2.29. The normalized spacial score (nSPS) is 11.6. The molecule has 0 aromatic heterocycles. The standard InChI is InChI=1S/C16H26N2O2/c1-12(2)20-14-8-6-7-13(9-14)15(19)18(5)11-16(3,4)10-17/h6-9,12H,10-11,17H2,1-5H3. The molecule has 4 nitrogen and oxygen atoms in total. The van der Waals surface area contributed by atoms with Gasteiger partial charge in [0.1, 0.15) is 5.75 Å². The largest absolute Gasteiger partial charge is 0.491 e. The summed E-state index contributed by atoms with van der Waals surface area (Å²) in [5.41, 5.74) is 6.27. The fraction of sp³-hybridized carbons (Fsp3) is 0.562. The first-order valence-electron chi connectivity index (χ1n) is 6.97. The van der Waals surface area contributed by atoms with Crippen LogP contribution in [0.5, 0.6) is 5.75 Å². The predicted molar refractivity (Wildman–Crippen MR) is 82.0 cm³/mol. The fourth-order valence-electron chi connectivity index (χ4n) is 1.97. The number of carbonyl (C=O) groups is 1. The highest BCUT2D eigenvalue weighted by atomic mass is 16.5. The lowest BCUT2D eigenvalue weighted by Crippen LogP contribution is -2.39. The van der Waals surface area contributed by atoms with Gasteiger partial charge < -0.3 is 15.4 Å². The van der Waals surface area contributed by atoms with Gasteiger partial charge in [-0.1, -0.05) is 19.9 Å². The van der Waals surface area contributed by atoms with Gasteiger partial charge in [0.15, 0.2) is 0 Å². The second-order valence-electron chi connectivity index (χ2n) is 6.22. The molecule has 1 aromatic carbocycles. The Kier molecular flexibility index (Phi) is 5.57. The van der Waals surface area contributed by atoms with Crippen molar-refractivity contribution in [1.29, 1.82) is 0 Å². The van der Waals surface area contributed by atoms with E-state index in [2.05, 4.69) is 13.8 Å². The third-order valence-electron chi connectivity index (χ3n) is 3.02. The number of carbonyl (C=O) groups excluding carboxylic acids is 1. The van der Waals surface area contributed by atoms with Crippen molar-refractivity contribution in [3.05, 3.63) is 29.8 Å². The molecule has 1 amide bonds. The van der Waals surface area contributed by atoms with Crippen molar-refractivity contribution in [3.63, 3.8) is 0 Å². The van der Waals surface area contributed by atoms with Crippen LogP contribution in [0, 0.1) is 5.41 Å². The number of ether oxygens (including phenoxy) is 1. The van der Waals surface area contributed by atoms with Crippen molar-refractivity contribution < 1.29 is 9.53 Å². The number of hydrogen-bond acceptors (Lipinski definition) is 3.